The quantitative estimate of drug-likeness (QED) is 0.583. The monoisotopic (exact) mass is 476 g/mol. The van der Waals surface area contributed by atoms with Crippen LogP contribution in [-0.4, -0.2) is 36.3 Å². The largest absolute Gasteiger partial charge is 0.414 e. The van der Waals surface area contributed by atoms with Gasteiger partial charge in [-0.3, -0.25) is 9.78 Å². The van der Waals surface area contributed by atoms with Crippen LogP contribution in [0.3, 0.4) is 0 Å². The number of rotatable bonds is 6. The van der Waals surface area contributed by atoms with Crippen LogP contribution in [0.1, 0.15) is 37.9 Å². The van der Waals surface area contributed by atoms with Gasteiger partial charge in [0.05, 0.1) is 31.6 Å². The van der Waals surface area contributed by atoms with E-state index in [1.54, 1.807) is 13.0 Å². The molecule has 12 heteroatoms. The fourth-order valence-corrected chi connectivity index (χ4v) is 4.92. The molecular weight excluding hydrogens is 454 g/mol. The molecule has 3 aromatic heterocycles. The minimum Gasteiger partial charge on any atom is -0.414 e. The topological polar surface area (TPSA) is 127 Å². The number of aryl methyl sites for hydroxylation is 1. The molecule has 1 saturated carbocycles. The van der Waals surface area contributed by atoms with Gasteiger partial charge >= 0.3 is 5.56 Å². The molecular formula is C21H22F2N6O3S. The summed E-state index contributed by atoms with van der Waals surface area (Å²) in [6, 6.07) is 4.87. The Morgan fingerprint density at radius 2 is 2.06 bits per heavy atom. The molecule has 1 aliphatic carbocycles. The number of halogens is 2. The number of nitriles is 1. The molecule has 4 rings (SSSR count). The first-order valence-corrected chi connectivity index (χ1v) is 11.9. The number of nitrogens with one attached hydrogen (secondary N) is 1. The van der Waals surface area contributed by atoms with E-state index in [0.717, 1.165) is 13.2 Å². The van der Waals surface area contributed by atoms with Crippen LogP contribution >= 0.6 is 0 Å². The van der Waals surface area contributed by atoms with Gasteiger partial charge in [-0.15, -0.1) is 4.73 Å². The molecule has 3 aromatic rings. The highest BCUT2D eigenvalue weighted by molar-refractivity contribution is 7.92. The van der Waals surface area contributed by atoms with Crippen molar-refractivity contribution in [3.8, 4) is 17.6 Å². The molecule has 0 bridgehead atoms. The zero-order chi connectivity index (χ0) is 24.3. The number of fused-ring (bicyclic) bond motifs is 1. The van der Waals surface area contributed by atoms with E-state index in [-0.39, 0.29) is 33.2 Å². The first-order valence-electron chi connectivity index (χ1n) is 10.1. The molecule has 1 unspecified atom stereocenters. The van der Waals surface area contributed by atoms with Crippen LogP contribution in [-0.2, 0) is 28.1 Å². The van der Waals surface area contributed by atoms with Crippen molar-refractivity contribution < 1.29 is 17.8 Å². The molecule has 1 aliphatic rings. The number of imidazole rings is 1. The highest BCUT2D eigenvalue weighted by Crippen LogP contribution is 2.48. The van der Waals surface area contributed by atoms with Crippen LogP contribution in [0.25, 0.3) is 22.6 Å². The van der Waals surface area contributed by atoms with E-state index in [0.29, 0.717) is 30.1 Å². The fraction of sp³-hybridized carbons (Fsp3) is 0.429. The Labute approximate surface area is 188 Å². The van der Waals surface area contributed by atoms with Gasteiger partial charge in [0.15, 0.2) is 5.82 Å². The van der Waals surface area contributed by atoms with Crippen LogP contribution < -0.4 is 10.4 Å². The third kappa shape index (κ3) is 3.47. The van der Waals surface area contributed by atoms with Crippen LogP contribution in [0.15, 0.2) is 28.0 Å². The van der Waals surface area contributed by atoms with Gasteiger partial charge in [0.2, 0.25) is 0 Å². The van der Waals surface area contributed by atoms with E-state index in [1.165, 1.54) is 17.8 Å². The number of aromatic nitrogens is 4. The maximum Gasteiger partial charge on any atom is 0.309 e. The van der Waals surface area contributed by atoms with Crippen molar-refractivity contribution in [2.24, 2.45) is 7.05 Å². The standard InChI is InChI=1S/C21H22F2N6O3S/c1-5-33(25,31)14-8-12(21(11-24)6-7-21)10-26-16(14)18-27-13-9-15(20(2,22)23)29(32-4)19(30)17(13)28(18)3/h8-10,25H,5-7H2,1-4H3. The lowest BCUT2D eigenvalue weighted by Gasteiger charge is -2.16. The van der Waals surface area contributed by atoms with E-state index in [4.69, 9.17) is 9.62 Å². The predicted octanol–water partition coefficient (Wildman–Crippen LogP) is 2.95. The van der Waals surface area contributed by atoms with Crippen molar-refractivity contribution in [2.75, 3.05) is 12.9 Å². The first kappa shape index (κ1) is 22.8. The van der Waals surface area contributed by atoms with Gasteiger partial charge in [0.25, 0.3) is 5.92 Å². The number of pyridine rings is 2. The Bertz CT molecular complexity index is 1490. The molecule has 1 N–H and O–H groups in total. The average Bonchev–Trinajstić information content (AvgIpc) is 3.50. The SMILES string of the molecule is CCS(=N)(=O)c1cc(C2(C#N)CC2)cnc1-c1nc2cc(C(C)(F)F)n(OC)c(=O)c2n1C. The smallest absolute Gasteiger partial charge is 0.309 e. The van der Waals surface area contributed by atoms with Crippen molar-refractivity contribution in [2.45, 2.75) is 42.9 Å². The highest BCUT2D eigenvalue weighted by atomic mass is 32.2. The molecule has 174 valence electrons. The van der Waals surface area contributed by atoms with Crippen LogP contribution in [0.2, 0.25) is 0 Å². The third-order valence-corrected chi connectivity index (χ3v) is 7.81. The zero-order valence-corrected chi connectivity index (χ0v) is 19.3. The molecule has 9 nitrogen and oxygen atoms in total. The van der Waals surface area contributed by atoms with E-state index in [9.17, 15) is 23.0 Å². The summed E-state index contributed by atoms with van der Waals surface area (Å²) in [6.45, 7) is 2.25. The lowest BCUT2D eigenvalue weighted by molar-refractivity contribution is -0.0117. The molecule has 0 aromatic carbocycles. The van der Waals surface area contributed by atoms with E-state index < -0.39 is 32.3 Å². The van der Waals surface area contributed by atoms with E-state index in [1.807, 2.05) is 0 Å². The van der Waals surface area contributed by atoms with Gasteiger partial charge in [-0.1, -0.05) is 6.92 Å². The number of hydrogen-bond acceptors (Lipinski definition) is 7. The normalized spacial score (nSPS) is 16.9. The molecule has 0 saturated heterocycles. The summed E-state index contributed by atoms with van der Waals surface area (Å²) in [4.78, 5) is 26.7. The molecule has 3 heterocycles. The van der Waals surface area contributed by atoms with Crippen LogP contribution in [0, 0.1) is 16.1 Å². The maximum atomic E-state index is 14.1. The van der Waals surface area contributed by atoms with E-state index in [2.05, 4.69) is 16.0 Å². The lowest BCUT2D eigenvalue weighted by Crippen LogP contribution is -2.32. The predicted molar refractivity (Wildman–Crippen MR) is 116 cm³/mol. The minimum atomic E-state index is -3.38. The molecule has 1 atom stereocenters. The summed E-state index contributed by atoms with van der Waals surface area (Å²) < 4.78 is 51.7. The van der Waals surface area contributed by atoms with Gasteiger partial charge in [-0.2, -0.15) is 14.0 Å². The molecule has 0 spiro atoms. The van der Waals surface area contributed by atoms with Gasteiger partial charge < -0.3 is 9.40 Å². The fourth-order valence-electron chi connectivity index (χ4n) is 3.84. The number of hydrogen-bond donors (Lipinski definition) is 1. The van der Waals surface area contributed by atoms with E-state index >= 15 is 0 Å². The molecule has 33 heavy (non-hydrogen) atoms. The third-order valence-electron chi connectivity index (χ3n) is 5.98. The summed E-state index contributed by atoms with van der Waals surface area (Å²) in [5, 5.41) is 9.54. The average molecular weight is 477 g/mol. The summed E-state index contributed by atoms with van der Waals surface area (Å²) in [5.74, 6) is -3.28. The minimum absolute atomic E-state index is 0.00266. The van der Waals surface area contributed by atoms with Crippen LogP contribution in [0.5, 0.6) is 0 Å². The molecule has 0 aliphatic heterocycles. The number of nitrogens with zero attached hydrogens (tertiary/aromatic N) is 5. The van der Waals surface area contributed by atoms with Crippen molar-refractivity contribution in [3.05, 3.63) is 39.9 Å². The molecule has 1 fully saturated rings. The van der Waals surface area contributed by atoms with Gasteiger partial charge in [-0.05, 0) is 30.5 Å². The second kappa shape index (κ2) is 7.34. The van der Waals surface area contributed by atoms with Gasteiger partial charge in [-0.25, -0.2) is 14.0 Å². The molecule has 0 radical (unpaired) electrons. The summed E-state index contributed by atoms with van der Waals surface area (Å²) in [6.07, 6.45) is 2.77. The first-order chi connectivity index (χ1) is 15.4. The Morgan fingerprint density at radius 3 is 2.58 bits per heavy atom. The zero-order valence-electron chi connectivity index (χ0n) is 18.5. The van der Waals surface area contributed by atoms with Crippen molar-refractivity contribution in [1.29, 1.82) is 10.0 Å². The molecule has 0 amide bonds. The highest BCUT2D eigenvalue weighted by Gasteiger charge is 2.46. The Hall–Kier alpha value is -3.33. The Kier molecular flexibility index (Phi) is 5.09. The lowest BCUT2D eigenvalue weighted by atomic mass is 9.99. The summed E-state index contributed by atoms with van der Waals surface area (Å²) in [5.41, 5.74) is -1.56. The second-order valence-electron chi connectivity index (χ2n) is 8.16. The van der Waals surface area contributed by atoms with Gasteiger partial charge in [0.1, 0.15) is 24.0 Å². The summed E-state index contributed by atoms with van der Waals surface area (Å²) in [7, 11) is -0.689. The van der Waals surface area contributed by atoms with Crippen molar-refractivity contribution in [3.63, 3.8) is 0 Å². The maximum absolute atomic E-state index is 14.1. The summed E-state index contributed by atoms with van der Waals surface area (Å²) >= 11 is 0. The Balaban J connectivity index is 2.04. The number of alkyl halides is 2. The van der Waals surface area contributed by atoms with Gasteiger partial charge in [0, 0.05) is 25.9 Å². The van der Waals surface area contributed by atoms with Crippen molar-refractivity contribution >= 4 is 20.8 Å². The van der Waals surface area contributed by atoms with Crippen molar-refractivity contribution in [1.82, 2.24) is 19.3 Å². The second-order valence-corrected chi connectivity index (χ2v) is 10.5. The van der Waals surface area contributed by atoms with Crippen LogP contribution in [0.4, 0.5) is 8.78 Å². The Morgan fingerprint density at radius 1 is 1.39 bits per heavy atom.